The number of hydrogen-bond donors (Lipinski definition) is 0. The van der Waals surface area contributed by atoms with Crippen molar-refractivity contribution in [2.75, 3.05) is 6.54 Å². The van der Waals surface area contributed by atoms with Crippen molar-refractivity contribution >= 4 is 72.1 Å². The van der Waals surface area contributed by atoms with Crippen LogP contribution in [0.25, 0.3) is 6.08 Å². The first-order valence-electron chi connectivity index (χ1n) is 9.15. The zero-order valence-electron chi connectivity index (χ0n) is 16.3. The van der Waals surface area contributed by atoms with E-state index in [1.807, 2.05) is 36.4 Å². The quantitative estimate of drug-likeness (QED) is 0.295. The summed E-state index contributed by atoms with van der Waals surface area (Å²) in [7, 11) is 0. The van der Waals surface area contributed by atoms with Crippen LogP contribution in [0.1, 0.15) is 30.5 Å². The average molecular weight is 566 g/mol. The topological polar surface area (TPSA) is 53.3 Å². The van der Waals surface area contributed by atoms with Gasteiger partial charge in [0, 0.05) is 12.1 Å². The first kappa shape index (κ1) is 23.0. The molecule has 2 aromatic carbocycles. The minimum Gasteiger partial charge on any atom is -0.486 e. The average Bonchev–Trinajstić information content (AvgIpc) is 2.94. The predicted octanol–water partition coefficient (Wildman–Crippen LogP) is 6.52. The van der Waals surface area contributed by atoms with E-state index in [0.29, 0.717) is 33.0 Å². The molecule has 0 bridgehead atoms. The highest BCUT2D eigenvalue weighted by atomic mass is 79.9. The van der Waals surface area contributed by atoms with Crippen molar-refractivity contribution in [1.82, 2.24) is 4.90 Å². The molecule has 0 unspecified atom stereocenters. The number of nitriles is 1. The van der Waals surface area contributed by atoms with Crippen molar-refractivity contribution in [2.45, 2.75) is 20.5 Å². The fourth-order valence-corrected chi connectivity index (χ4v) is 5.61. The van der Waals surface area contributed by atoms with Gasteiger partial charge in [0.1, 0.15) is 16.7 Å². The fraction of sp³-hybridized carbons (Fsp3) is 0.227. The van der Waals surface area contributed by atoms with Crippen LogP contribution in [0.4, 0.5) is 0 Å². The number of nitrogens with zero attached hydrogens (tertiary/aromatic N) is 2. The van der Waals surface area contributed by atoms with Crippen molar-refractivity contribution in [3.8, 4) is 11.8 Å². The molecule has 1 saturated heterocycles. The zero-order valence-corrected chi connectivity index (χ0v) is 21.1. The van der Waals surface area contributed by atoms with E-state index in [4.69, 9.17) is 17.0 Å². The van der Waals surface area contributed by atoms with Gasteiger partial charge in [-0.15, -0.1) is 0 Å². The Kier molecular flexibility index (Phi) is 7.75. The number of benzene rings is 2. The van der Waals surface area contributed by atoms with E-state index in [0.717, 1.165) is 20.1 Å². The number of thiocarbonyl (C=S) groups is 1. The van der Waals surface area contributed by atoms with Gasteiger partial charge in [0.2, 0.25) is 0 Å². The second kappa shape index (κ2) is 10.1. The maximum atomic E-state index is 12.7. The molecular weight excluding hydrogens is 548 g/mol. The Balaban J connectivity index is 1.80. The van der Waals surface area contributed by atoms with Gasteiger partial charge >= 0.3 is 0 Å². The summed E-state index contributed by atoms with van der Waals surface area (Å²) < 4.78 is 8.04. The van der Waals surface area contributed by atoms with Crippen LogP contribution in [0.5, 0.6) is 5.75 Å². The largest absolute Gasteiger partial charge is 0.486 e. The minimum absolute atomic E-state index is 0.0561. The molecule has 0 aliphatic carbocycles. The third-order valence-electron chi connectivity index (χ3n) is 4.25. The molecule has 4 nitrogen and oxygen atoms in total. The smallest absolute Gasteiger partial charge is 0.266 e. The summed E-state index contributed by atoms with van der Waals surface area (Å²) >= 11 is 13.8. The van der Waals surface area contributed by atoms with Gasteiger partial charge in [-0.1, -0.05) is 56.0 Å². The Bertz CT molecular complexity index is 1050. The van der Waals surface area contributed by atoms with Crippen molar-refractivity contribution in [3.63, 3.8) is 0 Å². The molecule has 30 heavy (non-hydrogen) atoms. The molecule has 0 spiro atoms. The van der Waals surface area contributed by atoms with E-state index in [1.165, 1.54) is 11.8 Å². The molecule has 1 aliphatic heterocycles. The van der Waals surface area contributed by atoms with E-state index in [9.17, 15) is 10.1 Å². The van der Waals surface area contributed by atoms with Crippen LogP contribution in [0.2, 0.25) is 0 Å². The molecule has 8 heteroatoms. The Morgan fingerprint density at radius 2 is 1.93 bits per heavy atom. The van der Waals surface area contributed by atoms with E-state index in [2.05, 4.69) is 51.8 Å². The molecule has 0 N–H and O–H groups in total. The molecule has 0 aromatic heterocycles. The minimum atomic E-state index is -0.0561. The molecule has 3 rings (SSSR count). The standard InChI is InChI=1S/C22H18Br2N2O2S2/c1-13(2)11-26-21(27)19(30-22(26)29)9-14-7-17(23)20(18(24)8-14)28-12-16-6-4-3-5-15(16)10-25/h3-9,13H,11-12H2,1-2H3/b19-9-. The lowest BCUT2D eigenvalue weighted by atomic mass is 10.1. The maximum Gasteiger partial charge on any atom is 0.266 e. The second-order valence-corrected chi connectivity index (χ2v) is 10.4. The lowest BCUT2D eigenvalue weighted by Crippen LogP contribution is -2.31. The summed E-state index contributed by atoms with van der Waals surface area (Å²) in [5.74, 6) is 0.921. The summed E-state index contributed by atoms with van der Waals surface area (Å²) in [6.45, 7) is 5.01. The number of thioether (sulfide) groups is 1. The fourth-order valence-electron chi connectivity index (χ4n) is 2.88. The Morgan fingerprint density at radius 3 is 2.57 bits per heavy atom. The number of hydrogen-bond acceptors (Lipinski definition) is 5. The number of amides is 1. The van der Waals surface area contributed by atoms with Gasteiger partial charge in [-0.05, 0) is 67.6 Å². The van der Waals surface area contributed by atoms with E-state index < -0.39 is 0 Å². The summed E-state index contributed by atoms with van der Waals surface area (Å²) in [5.41, 5.74) is 2.25. The van der Waals surface area contributed by atoms with Gasteiger partial charge in [-0.25, -0.2) is 0 Å². The summed E-state index contributed by atoms with van der Waals surface area (Å²) in [6, 6.07) is 13.3. The van der Waals surface area contributed by atoms with Crippen molar-refractivity contribution in [2.24, 2.45) is 5.92 Å². The summed E-state index contributed by atoms with van der Waals surface area (Å²) in [5, 5.41) is 9.23. The lowest BCUT2D eigenvalue weighted by molar-refractivity contribution is -0.122. The first-order chi connectivity index (χ1) is 14.3. The van der Waals surface area contributed by atoms with Crippen LogP contribution < -0.4 is 4.74 Å². The lowest BCUT2D eigenvalue weighted by Gasteiger charge is -2.16. The maximum absolute atomic E-state index is 12.7. The van der Waals surface area contributed by atoms with E-state index in [1.54, 1.807) is 11.0 Å². The van der Waals surface area contributed by atoms with Crippen molar-refractivity contribution in [1.29, 1.82) is 5.26 Å². The normalized spacial score (nSPS) is 15.2. The molecule has 1 fully saturated rings. The van der Waals surface area contributed by atoms with Crippen LogP contribution in [0, 0.1) is 17.2 Å². The van der Waals surface area contributed by atoms with Crippen LogP contribution in [-0.4, -0.2) is 21.7 Å². The molecule has 154 valence electrons. The van der Waals surface area contributed by atoms with Gasteiger partial charge in [0.25, 0.3) is 5.91 Å². The molecular formula is C22H18Br2N2O2S2. The second-order valence-electron chi connectivity index (χ2n) is 7.06. The Hall–Kier alpha value is -1.66. The van der Waals surface area contributed by atoms with Gasteiger partial charge in [0.05, 0.1) is 25.5 Å². The molecule has 2 aromatic rings. The third-order valence-corrected chi connectivity index (χ3v) is 6.81. The molecule has 0 saturated carbocycles. The van der Waals surface area contributed by atoms with Gasteiger partial charge in [-0.2, -0.15) is 5.26 Å². The molecule has 0 radical (unpaired) electrons. The highest BCUT2D eigenvalue weighted by molar-refractivity contribution is 9.11. The van der Waals surface area contributed by atoms with Gasteiger partial charge in [0.15, 0.2) is 0 Å². The highest BCUT2D eigenvalue weighted by Gasteiger charge is 2.32. The number of ether oxygens (including phenoxy) is 1. The summed E-state index contributed by atoms with van der Waals surface area (Å²) in [4.78, 5) is 15.0. The van der Waals surface area contributed by atoms with E-state index >= 15 is 0 Å². The van der Waals surface area contributed by atoms with Gasteiger partial charge in [-0.3, -0.25) is 9.69 Å². The van der Waals surface area contributed by atoms with Crippen molar-refractivity contribution < 1.29 is 9.53 Å². The first-order valence-corrected chi connectivity index (χ1v) is 12.0. The van der Waals surface area contributed by atoms with E-state index in [-0.39, 0.29) is 12.5 Å². The number of rotatable bonds is 6. The molecule has 1 heterocycles. The third kappa shape index (κ3) is 5.33. The monoisotopic (exact) mass is 564 g/mol. The summed E-state index contributed by atoms with van der Waals surface area (Å²) in [6.07, 6.45) is 1.84. The molecule has 0 atom stereocenters. The Labute approximate surface area is 202 Å². The molecule has 1 aliphatic rings. The Morgan fingerprint density at radius 1 is 1.27 bits per heavy atom. The van der Waals surface area contributed by atoms with Crippen molar-refractivity contribution in [3.05, 3.63) is 66.9 Å². The van der Waals surface area contributed by atoms with Crippen LogP contribution in [0.3, 0.4) is 0 Å². The number of carbonyl (C=O) groups excluding carboxylic acids is 1. The zero-order chi connectivity index (χ0) is 21.8. The molecule has 1 amide bonds. The van der Waals surface area contributed by atoms with Crippen LogP contribution in [-0.2, 0) is 11.4 Å². The highest BCUT2D eigenvalue weighted by Crippen LogP contribution is 2.38. The predicted molar refractivity (Wildman–Crippen MR) is 132 cm³/mol. The number of halogens is 2. The van der Waals surface area contributed by atoms with Crippen LogP contribution >= 0.6 is 55.8 Å². The number of carbonyl (C=O) groups is 1. The van der Waals surface area contributed by atoms with Gasteiger partial charge < -0.3 is 4.74 Å². The SMILES string of the molecule is CC(C)CN1C(=O)/C(=C/c2cc(Br)c(OCc3ccccc3C#N)c(Br)c2)SC1=S. The van der Waals surface area contributed by atoms with Crippen LogP contribution in [0.15, 0.2) is 50.2 Å².